The summed E-state index contributed by atoms with van der Waals surface area (Å²) in [6, 6.07) is 8.90. The molecule has 7 heteroatoms. The summed E-state index contributed by atoms with van der Waals surface area (Å²) in [5.74, 6) is 0.263. The van der Waals surface area contributed by atoms with Crippen LogP contribution in [0, 0.1) is 5.92 Å². The third kappa shape index (κ3) is 3.32. The number of aromatic nitrogens is 1. The molecule has 27 heavy (non-hydrogen) atoms. The largest absolute Gasteiger partial charge is 0.497 e. The Labute approximate surface area is 156 Å². The van der Waals surface area contributed by atoms with Crippen LogP contribution >= 0.6 is 0 Å². The van der Waals surface area contributed by atoms with E-state index in [4.69, 9.17) is 4.74 Å². The van der Waals surface area contributed by atoms with E-state index in [0.717, 1.165) is 16.8 Å². The maximum absolute atomic E-state index is 13.0. The average Bonchev–Trinajstić information content (AvgIpc) is 3.08. The predicted molar refractivity (Wildman–Crippen MR) is 99.6 cm³/mol. The normalized spacial score (nSPS) is 19.1. The Morgan fingerprint density at radius 1 is 1.22 bits per heavy atom. The molecule has 0 spiro atoms. The predicted octanol–water partition coefficient (Wildman–Crippen LogP) is 1.32. The van der Waals surface area contributed by atoms with E-state index >= 15 is 0 Å². The van der Waals surface area contributed by atoms with Gasteiger partial charge >= 0.3 is 0 Å². The molecule has 0 aliphatic carbocycles. The standard InChI is InChI=1S/C20H21N3O4/c1-27-17-4-2-3-16(9-17)23-12-14(8-19(23)25)20(26)22-6-5-13-7-18(24)21-10-15(13)11-22/h2-4,7,9-10,14H,5-6,8,11-12H2,1H3,(H,21,24). The average molecular weight is 367 g/mol. The smallest absolute Gasteiger partial charge is 0.248 e. The van der Waals surface area contributed by atoms with Crippen molar-refractivity contribution in [3.8, 4) is 5.75 Å². The van der Waals surface area contributed by atoms with Crippen molar-refractivity contribution in [2.24, 2.45) is 5.92 Å². The minimum atomic E-state index is -0.354. The fraction of sp³-hybridized carbons (Fsp3) is 0.350. The van der Waals surface area contributed by atoms with Gasteiger partial charge in [0.25, 0.3) is 0 Å². The summed E-state index contributed by atoms with van der Waals surface area (Å²) in [6.07, 6.45) is 2.55. The van der Waals surface area contributed by atoms with Gasteiger partial charge < -0.3 is 19.5 Å². The number of ether oxygens (including phenoxy) is 1. The molecule has 1 saturated heterocycles. The molecule has 1 atom stereocenters. The van der Waals surface area contributed by atoms with Gasteiger partial charge in [-0.1, -0.05) is 6.07 Å². The second-order valence-electron chi connectivity index (χ2n) is 6.96. The van der Waals surface area contributed by atoms with Crippen LogP contribution < -0.4 is 15.2 Å². The minimum absolute atomic E-state index is 0.00871. The van der Waals surface area contributed by atoms with Crippen molar-refractivity contribution in [1.29, 1.82) is 0 Å². The number of fused-ring (bicyclic) bond motifs is 1. The highest BCUT2D eigenvalue weighted by molar-refractivity contribution is 6.00. The van der Waals surface area contributed by atoms with Crippen molar-refractivity contribution < 1.29 is 14.3 Å². The van der Waals surface area contributed by atoms with Crippen LogP contribution in [0.25, 0.3) is 0 Å². The zero-order valence-electron chi connectivity index (χ0n) is 15.1. The fourth-order valence-corrected chi connectivity index (χ4v) is 3.81. The molecule has 2 aliphatic rings. The SMILES string of the molecule is COc1cccc(N2CC(C(=O)N3CCc4cc(=O)[nH]cc4C3)CC2=O)c1. The molecule has 3 heterocycles. The first-order valence-corrected chi connectivity index (χ1v) is 8.99. The lowest BCUT2D eigenvalue weighted by Gasteiger charge is -2.30. The van der Waals surface area contributed by atoms with E-state index in [1.165, 1.54) is 0 Å². The first-order chi connectivity index (χ1) is 13.0. The zero-order valence-corrected chi connectivity index (χ0v) is 15.1. The maximum Gasteiger partial charge on any atom is 0.248 e. The molecule has 1 fully saturated rings. The summed E-state index contributed by atoms with van der Waals surface area (Å²) < 4.78 is 5.22. The summed E-state index contributed by atoms with van der Waals surface area (Å²) in [5.41, 5.74) is 2.58. The van der Waals surface area contributed by atoms with E-state index in [1.807, 2.05) is 18.2 Å². The minimum Gasteiger partial charge on any atom is -0.497 e. The van der Waals surface area contributed by atoms with Crippen molar-refractivity contribution in [3.63, 3.8) is 0 Å². The number of hydrogen-bond acceptors (Lipinski definition) is 4. The van der Waals surface area contributed by atoms with E-state index in [0.29, 0.717) is 31.8 Å². The number of pyridine rings is 1. The molecule has 0 bridgehead atoms. The molecule has 1 unspecified atom stereocenters. The number of aromatic amines is 1. The lowest BCUT2D eigenvalue weighted by Crippen LogP contribution is -2.41. The Kier molecular flexibility index (Phi) is 4.43. The van der Waals surface area contributed by atoms with Crippen LogP contribution in [-0.4, -0.2) is 41.9 Å². The molecule has 2 amide bonds. The number of nitrogens with one attached hydrogen (secondary N) is 1. The topological polar surface area (TPSA) is 82.7 Å². The first-order valence-electron chi connectivity index (χ1n) is 8.99. The number of carbonyl (C=O) groups excluding carboxylic acids is 2. The highest BCUT2D eigenvalue weighted by Gasteiger charge is 2.38. The van der Waals surface area contributed by atoms with Gasteiger partial charge in [-0.2, -0.15) is 0 Å². The number of nitrogens with zero attached hydrogens (tertiary/aromatic N) is 2. The van der Waals surface area contributed by atoms with Gasteiger partial charge in [-0.15, -0.1) is 0 Å². The summed E-state index contributed by atoms with van der Waals surface area (Å²) >= 11 is 0. The highest BCUT2D eigenvalue weighted by atomic mass is 16.5. The molecule has 140 valence electrons. The van der Waals surface area contributed by atoms with Crippen LogP contribution in [-0.2, 0) is 22.6 Å². The number of amides is 2. The quantitative estimate of drug-likeness (QED) is 0.887. The highest BCUT2D eigenvalue weighted by Crippen LogP contribution is 2.29. The number of H-pyrrole nitrogens is 1. The van der Waals surface area contributed by atoms with E-state index in [1.54, 1.807) is 35.2 Å². The van der Waals surface area contributed by atoms with Crippen LogP contribution in [0.3, 0.4) is 0 Å². The molecule has 0 saturated carbocycles. The molecule has 1 aromatic carbocycles. The van der Waals surface area contributed by atoms with Crippen LogP contribution in [0.2, 0.25) is 0 Å². The van der Waals surface area contributed by atoms with Crippen molar-refractivity contribution in [3.05, 3.63) is 58.0 Å². The van der Waals surface area contributed by atoms with E-state index in [2.05, 4.69) is 4.98 Å². The van der Waals surface area contributed by atoms with Crippen LogP contribution in [0.5, 0.6) is 5.75 Å². The molecular formula is C20H21N3O4. The van der Waals surface area contributed by atoms with E-state index < -0.39 is 0 Å². The fourth-order valence-electron chi connectivity index (χ4n) is 3.81. The first kappa shape index (κ1) is 17.3. The van der Waals surface area contributed by atoms with Crippen LogP contribution in [0.15, 0.2) is 41.3 Å². The third-order valence-corrected chi connectivity index (χ3v) is 5.27. The molecular weight excluding hydrogens is 346 g/mol. The lowest BCUT2D eigenvalue weighted by molar-refractivity contribution is -0.136. The van der Waals surface area contributed by atoms with E-state index in [-0.39, 0.29) is 29.7 Å². The summed E-state index contributed by atoms with van der Waals surface area (Å²) in [5, 5.41) is 0. The van der Waals surface area contributed by atoms with Gasteiger partial charge in [-0.05, 0) is 29.7 Å². The van der Waals surface area contributed by atoms with Gasteiger partial charge in [0, 0.05) is 50.1 Å². The molecule has 4 rings (SSSR count). The van der Waals surface area contributed by atoms with Gasteiger partial charge in [0.2, 0.25) is 17.4 Å². The summed E-state index contributed by atoms with van der Waals surface area (Å²) in [6.45, 7) is 1.41. The number of methoxy groups -OCH3 is 1. The Balaban J connectivity index is 1.48. The number of anilines is 1. The van der Waals surface area contributed by atoms with Gasteiger partial charge in [0.05, 0.1) is 13.0 Å². The summed E-state index contributed by atoms with van der Waals surface area (Å²) in [4.78, 5) is 43.0. The Bertz CT molecular complexity index is 952. The van der Waals surface area contributed by atoms with Gasteiger partial charge in [0.15, 0.2) is 0 Å². The zero-order chi connectivity index (χ0) is 19.0. The molecule has 0 radical (unpaired) electrons. The number of carbonyl (C=O) groups is 2. The van der Waals surface area contributed by atoms with Gasteiger partial charge in [-0.25, -0.2) is 0 Å². The van der Waals surface area contributed by atoms with Crippen LogP contribution in [0.1, 0.15) is 17.5 Å². The molecule has 1 aromatic heterocycles. The van der Waals surface area contributed by atoms with Crippen molar-refractivity contribution in [2.45, 2.75) is 19.4 Å². The Morgan fingerprint density at radius 3 is 2.89 bits per heavy atom. The third-order valence-electron chi connectivity index (χ3n) is 5.27. The Hall–Kier alpha value is -3.09. The summed E-state index contributed by atoms with van der Waals surface area (Å²) in [7, 11) is 1.58. The Morgan fingerprint density at radius 2 is 2.07 bits per heavy atom. The van der Waals surface area contributed by atoms with Crippen molar-refractivity contribution in [2.75, 3.05) is 25.1 Å². The molecule has 2 aliphatic heterocycles. The number of rotatable bonds is 3. The van der Waals surface area contributed by atoms with Gasteiger partial charge in [0.1, 0.15) is 5.75 Å². The van der Waals surface area contributed by atoms with Crippen LogP contribution in [0.4, 0.5) is 5.69 Å². The number of hydrogen-bond donors (Lipinski definition) is 1. The second-order valence-corrected chi connectivity index (χ2v) is 6.96. The number of benzene rings is 1. The van der Waals surface area contributed by atoms with Crippen molar-refractivity contribution in [1.82, 2.24) is 9.88 Å². The van der Waals surface area contributed by atoms with E-state index in [9.17, 15) is 14.4 Å². The van der Waals surface area contributed by atoms with Crippen molar-refractivity contribution >= 4 is 17.5 Å². The van der Waals surface area contributed by atoms with Gasteiger partial charge in [-0.3, -0.25) is 14.4 Å². The monoisotopic (exact) mass is 367 g/mol. The second kappa shape index (κ2) is 6.90. The molecule has 7 nitrogen and oxygen atoms in total. The lowest BCUT2D eigenvalue weighted by atomic mass is 9.99. The molecule has 1 N–H and O–H groups in total. The molecule has 2 aromatic rings. The maximum atomic E-state index is 13.0.